The zero-order valence-electron chi connectivity index (χ0n) is 23.4. The molecule has 1 aliphatic rings. The minimum atomic E-state index is -4.41. The van der Waals surface area contributed by atoms with E-state index in [-0.39, 0.29) is 41.9 Å². The van der Waals surface area contributed by atoms with Crippen LogP contribution in [0, 0.1) is 0 Å². The second kappa shape index (κ2) is 14.1. The van der Waals surface area contributed by atoms with Crippen LogP contribution in [0.2, 0.25) is 0 Å². The van der Waals surface area contributed by atoms with Gasteiger partial charge in [-0.1, -0.05) is 11.8 Å². The number of anilines is 1. The third-order valence-electron chi connectivity index (χ3n) is 5.77. The largest absolute Gasteiger partial charge is 0.463 e. The van der Waals surface area contributed by atoms with Crippen molar-refractivity contribution in [2.75, 3.05) is 37.5 Å². The van der Waals surface area contributed by atoms with Crippen LogP contribution in [-0.2, 0) is 42.9 Å². The molecule has 0 aliphatic carbocycles. The highest BCUT2D eigenvalue weighted by atomic mass is 32.2. The summed E-state index contributed by atoms with van der Waals surface area (Å²) in [6.07, 6.45) is -9.10. The average Bonchev–Trinajstić information content (AvgIpc) is 3.42. The van der Waals surface area contributed by atoms with Crippen LogP contribution < -0.4 is 4.90 Å². The second-order valence-electron chi connectivity index (χ2n) is 9.05. The molecule has 1 fully saturated rings. The summed E-state index contributed by atoms with van der Waals surface area (Å²) in [6.45, 7) is 4.51. The van der Waals surface area contributed by atoms with Gasteiger partial charge >= 0.3 is 24.1 Å². The lowest BCUT2D eigenvalue weighted by molar-refractivity contribution is -0.166. The van der Waals surface area contributed by atoms with Crippen LogP contribution in [-0.4, -0.2) is 100 Å². The molecule has 0 spiro atoms. The minimum absolute atomic E-state index is 0.00726. The molecule has 0 N–H and O–H groups in total. The summed E-state index contributed by atoms with van der Waals surface area (Å²) in [7, 11) is 1.43. The van der Waals surface area contributed by atoms with Crippen LogP contribution in [0.1, 0.15) is 40.3 Å². The van der Waals surface area contributed by atoms with Crippen molar-refractivity contribution >= 4 is 52.6 Å². The summed E-state index contributed by atoms with van der Waals surface area (Å²) < 4.78 is 66.9. The van der Waals surface area contributed by atoms with Crippen molar-refractivity contribution in [2.24, 2.45) is 0 Å². The summed E-state index contributed by atoms with van der Waals surface area (Å²) >= 11 is 0.711. The number of ether oxygens (including phenoxy) is 5. The predicted octanol–water partition coefficient (Wildman–Crippen LogP) is 2.19. The Kier molecular flexibility index (Phi) is 11.1. The minimum Gasteiger partial charge on any atom is -0.463 e. The first-order chi connectivity index (χ1) is 19.7. The van der Waals surface area contributed by atoms with Crippen molar-refractivity contribution in [1.29, 1.82) is 0 Å². The smallest absolute Gasteiger partial charge is 0.389 e. The van der Waals surface area contributed by atoms with Crippen molar-refractivity contribution < 1.29 is 56.0 Å². The fraction of sp³-hybridized carbons (Fsp3) is 0.625. The second-order valence-corrected chi connectivity index (χ2v) is 10.1. The van der Waals surface area contributed by atoms with Crippen LogP contribution >= 0.6 is 11.8 Å². The van der Waals surface area contributed by atoms with Crippen molar-refractivity contribution in [1.82, 2.24) is 19.5 Å². The summed E-state index contributed by atoms with van der Waals surface area (Å²) in [5.41, 5.74) is 0.106. The quantitative estimate of drug-likeness (QED) is 0.147. The lowest BCUT2D eigenvalue weighted by Crippen LogP contribution is -2.40. The molecule has 0 radical (unpaired) electrons. The number of thioether (sulfide) groups is 1. The van der Waals surface area contributed by atoms with Gasteiger partial charge in [0.05, 0.1) is 25.9 Å². The maximum Gasteiger partial charge on any atom is 0.389 e. The van der Waals surface area contributed by atoms with E-state index >= 15 is 0 Å². The molecule has 1 aliphatic heterocycles. The monoisotopic (exact) mass is 621 g/mol. The maximum absolute atomic E-state index is 12.8. The van der Waals surface area contributed by atoms with Crippen molar-refractivity contribution in [3.8, 4) is 0 Å². The van der Waals surface area contributed by atoms with Crippen LogP contribution in [0.25, 0.3) is 11.2 Å². The molecule has 0 bridgehead atoms. The number of alkyl halides is 3. The molecule has 18 heteroatoms. The van der Waals surface area contributed by atoms with E-state index in [2.05, 4.69) is 15.0 Å². The molecule has 0 aromatic carbocycles. The molecular formula is C24H30F3N5O9S. The van der Waals surface area contributed by atoms with Crippen LogP contribution in [0.4, 0.5) is 19.0 Å². The Balaban J connectivity index is 2.15. The van der Waals surface area contributed by atoms with Gasteiger partial charge in [-0.25, -0.2) is 15.0 Å². The number of rotatable bonds is 12. The molecule has 2 aromatic rings. The van der Waals surface area contributed by atoms with E-state index in [1.165, 1.54) is 36.8 Å². The van der Waals surface area contributed by atoms with E-state index in [4.69, 9.17) is 23.7 Å². The van der Waals surface area contributed by atoms with E-state index in [1.807, 2.05) is 0 Å². The Labute approximate surface area is 242 Å². The molecule has 3 heterocycles. The van der Waals surface area contributed by atoms with Crippen LogP contribution in [0.15, 0.2) is 11.5 Å². The van der Waals surface area contributed by atoms with Crippen LogP contribution in [0.3, 0.4) is 0 Å². The molecular weight excluding hydrogens is 591 g/mol. The molecule has 0 unspecified atom stereocenters. The first kappa shape index (κ1) is 33.0. The number of aromatic nitrogens is 4. The highest BCUT2D eigenvalue weighted by Gasteiger charge is 2.51. The standard InChI is InChI=1S/C24H30F3N5O9S/c1-12(33)31(7-8-37-5)20-17-21(30-23(29-20)42-9-6-24(25,26)27)32(11-28-17)22-19(40-15(4)36)18(39-14(3)35)16(41-22)10-38-13(2)34/h11,16,18-19,22H,6-10H2,1-5H3/t16-,18-,19-,22-/m1/s1. The van der Waals surface area contributed by atoms with Gasteiger partial charge in [-0.2, -0.15) is 13.2 Å². The number of halogens is 3. The zero-order valence-corrected chi connectivity index (χ0v) is 24.2. The van der Waals surface area contributed by atoms with Gasteiger partial charge in [-0.05, 0) is 0 Å². The number of hydrogen-bond acceptors (Lipinski definition) is 13. The van der Waals surface area contributed by atoms with Crippen LogP contribution in [0.5, 0.6) is 0 Å². The fourth-order valence-corrected chi connectivity index (χ4v) is 4.91. The highest BCUT2D eigenvalue weighted by Crippen LogP contribution is 2.37. The van der Waals surface area contributed by atoms with Crippen molar-refractivity contribution in [3.63, 3.8) is 0 Å². The molecule has 1 saturated heterocycles. The van der Waals surface area contributed by atoms with Gasteiger partial charge in [0.15, 0.2) is 40.6 Å². The average molecular weight is 622 g/mol. The molecule has 3 rings (SSSR count). The van der Waals surface area contributed by atoms with Gasteiger partial charge in [-0.15, -0.1) is 0 Å². The third-order valence-corrected chi connectivity index (χ3v) is 6.62. The van der Waals surface area contributed by atoms with Gasteiger partial charge in [0.2, 0.25) is 5.91 Å². The first-order valence-electron chi connectivity index (χ1n) is 12.6. The van der Waals surface area contributed by atoms with E-state index in [0.717, 1.165) is 13.8 Å². The topological polar surface area (TPSA) is 161 Å². The van der Waals surface area contributed by atoms with Gasteiger partial charge in [0, 0.05) is 40.6 Å². The van der Waals surface area contributed by atoms with E-state index in [0.29, 0.717) is 11.8 Å². The first-order valence-corrected chi connectivity index (χ1v) is 13.5. The Bertz CT molecular complexity index is 1310. The Morgan fingerprint density at radius 3 is 2.29 bits per heavy atom. The molecule has 42 heavy (non-hydrogen) atoms. The number of fused-ring (bicyclic) bond motifs is 1. The Morgan fingerprint density at radius 2 is 1.71 bits per heavy atom. The normalized spacial score (nSPS) is 20.4. The number of nitrogens with zero attached hydrogens (tertiary/aromatic N) is 5. The molecule has 4 atom stereocenters. The number of imidazole rings is 1. The van der Waals surface area contributed by atoms with E-state index in [1.54, 1.807) is 0 Å². The number of hydrogen-bond donors (Lipinski definition) is 0. The zero-order chi connectivity index (χ0) is 31.2. The molecule has 2 aromatic heterocycles. The van der Waals surface area contributed by atoms with Gasteiger partial charge in [0.1, 0.15) is 12.7 Å². The molecule has 14 nitrogen and oxygen atoms in total. The number of carbonyl (C=O) groups excluding carboxylic acids is 4. The Hall–Kier alpha value is -3.51. The van der Waals surface area contributed by atoms with Gasteiger partial charge in [0.25, 0.3) is 0 Å². The van der Waals surface area contributed by atoms with E-state index < -0.39 is 66.7 Å². The van der Waals surface area contributed by atoms with Gasteiger partial charge in [-0.3, -0.25) is 28.6 Å². The lowest BCUT2D eigenvalue weighted by Gasteiger charge is -2.24. The van der Waals surface area contributed by atoms with Gasteiger partial charge < -0.3 is 23.7 Å². The van der Waals surface area contributed by atoms with Crippen molar-refractivity contribution in [2.45, 2.75) is 70.0 Å². The molecule has 232 valence electrons. The summed E-state index contributed by atoms with van der Waals surface area (Å²) in [4.78, 5) is 62.3. The number of amides is 1. The van der Waals surface area contributed by atoms with E-state index in [9.17, 15) is 32.3 Å². The maximum atomic E-state index is 12.8. The number of carbonyl (C=O) groups is 4. The SMILES string of the molecule is COCCN(C(C)=O)c1nc(SCCC(F)(F)F)nc2c1ncn2[C@@H]1O[C@H](COC(C)=O)[C@@H](OC(C)=O)[C@H]1OC(C)=O. The Morgan fingerprint density at radius 1 is 1.05 bits per heavy atom. The third kappa shape index (κ3) is 8.51. The molecule has 0 saturated carbocycles. The van der Waals surface area contributed by atoms with Crippen molar-refractivity contribution in [3.05, 3.63) is 6.33 Å². The highest BCUT2D eigenvalue weighted by molar-refractivity contribution is 7.99. The predicted molar refractivity (Wildman–Crippen MR) is 138 cm³/mol. The number of methoxy groups -OCH3 is 1. The summed E-state index contributed by atoms with van der Waals surface area (Å²) in [5, 5.41) is -0.0952. The number of esters is 3. The summed E-state index contributed by atoms with van der Waals surface area (Å²) in [5.74, 6) is -2.96. The summed E-state index contributed by atoms with van der Waals surface area (Å²) in [6, 6.07) is 0. The lowest BCUT2D eigenvalue weighted by atomic mass is 10.1. The fourth-order valence-electron chi connectivity index (χ4n) is 4.09. The molecule has 1 amide bonds.